The van der Waals surface area contributed by atoms with Gasteiger partial charge in [-0.05, 0) is 70.0 Å². The summed E-state index contributed by atoms with van der Waals surface area (Å²) in [4.78, 5) is 37.4. The molecule has 1 aliphatic rings. The largest absolute Gasteiger partial charge is 0.493 e. The molecule has 38 heavy (non-hydrogen) atoms. The Kier molecular flexibility index (Phi) is 8.67. The van der Waals surface area contributed by atoms with E-state index in [4.69, 9.17) is 33.3 Å². The molecule has 0 saturated carbocycles. The minimum Gasteiger partial charge on any atom is -0.493 e. The lowest BCUT2D eigenvalue weighted by molar-refractivity contribution is -0.384. The second kappa shape index (κ2) is 11.9. The molecule has 9 nitrogen and oxygen atoms in total. The summed E-state index contributed by atoms with van der Waals surface area (Å²) in [6.07, 6.45) is 1.65. The van der Waals surface area contributed by atoms with Gasteiger partial charge in [-0.3, -0.25) is 24.6 Å². The summed E-state index contributed by atoms with van der Waals surface area (Å²) in [5.74, 6) is -0.0292. The highest BCUT2D eigenvalue weighted by Gasteiger charge is 2.33. The summed E-state index contributed by atoms with van der Waals surface area (Å²) in [6.45, 7) is -0.267. The average molecular weight is 635 g/mol. The quantitative estimate of drug-likeness (QED) is 0.130. The topological polar surface area (TPSA) is 111 Å². The highest BCUT2D eigenvalue weighted by molar-refractivity contribution is 9.10. The van der Waals surface area contributed by atoms with E-state index in [-0.39, 0.29) is 24.1 Å². The number of halogens is 2. The Morgan fingerprint density at radius 1 is 1.18 bits per heavy atom. The number of hydrogen-bond acceptors (Lipinski definition) is 8. The number of non-ortho nitro benzene ring substituents is 1. The first kappa shape index (κ1) is 27.6. The van der Waals surface area contributed by atoms with Gasteiger partial charge in [0, 0.05) is 22.3 Å². The van der Waals surface area contributed by atoms with Crippen LogP contribution in [0.2, 0.25) is 5.02 Å². The molecule has 1 fully saturated rings. The van der Waals surface area contributed by atoms with Crippen molar-refractivity contribution >= 4 is 90.8 Å². The first-order valence-electron chi connectivity index (χ1n) is 10.7. The maximum absolute atomic E-state index is 13.0. The number of thioether (sulfide) groups is 1. The van der Waals surface area contributed by atoms with Crippen LogP contribution in [0.15, 0.2) is 70.0 Å². The number of carbonyl (C=O) groups is 2. The molecule has 0 bridgehead atoms. The summed E-state index contributed by atoms with van der Waals surface area (Å²) in [5.41, 5.74) is 1.53. The number of benzene rings is 3. The number of amides is 2. The van der Waals surface area contributed by atoms with Gasteiger partial charge in [0.2, 0.25) is 0 Å². The Bertz CT molecular complexity index is 1480. The Morgan fingerprint density at radius 2 is 1.92 bits per heavy atom. The summed E-state index contributed by atoms with van der Waals surface area (Å²) in [6, 6.07) is 15.6. The molecule has 1 saturated heterocycles. The maximum Gasteiger partial charge on any atom is 0.270 e. The van der Waals surface area contributed by atoms with Gasteiger partial charge in [-0.15, -0.1) is 0 Å². The van der Waals surface area contributed by atoms with Crippen molar-refractivity contribution in [2.75, 3.05) is 23.9 Å². The first-order chi connectivity index (χ1) is 18.2. The van der Waals surface area contributed by atoms with E-state index in [0.717, 1.165) is 11.8 Å². The van der Waals surface area contributed by atoms with E-state index in [2.05, 4.69) is 21.2 Å². The summed E-state index contributed by atoms with van der Waals surface area (Å²) >= 11 is 15.8. The zero-order chi connectivity index (χ0) is 27.4. The third kappa shape index (κ3) is 6.33. The number of nitro benzene ring substituents is 1. The molecule has 0 radical (unpaired) electrons. The number of methoxy groups -OCH3 is 1. The number of rotatable bonds is 8. The molecule has 1 aliphatic heterocycles. The molecule has 3 aromatic carbocycles. The number of hydrogen-bond donors (Lipinski definition) is 1. The summed E-state index contributed by atoms with van der Waals surface area (Å²) in [5, 5.41) is 14.1. The van der Waals surface area contributed by atoms with E-state index in [9.17, 15) is 19.7 Å². The van der Waals surface area contributed by atoms with Gasteiger partial charge in [0.1, 0.15) is 0 Å². The third-order valence-corrected chi connectivity index (χ3v) is 7.69. The Morgan fingerprint density at radius 3 is 2.58 bits per heavy atom. The van der Waals surface area contributed by atoms with Crippen molar-refractivity contribution in [3.63, 3.8) is 0 Å². The predicted molar refractivity (Wildman–Crippen MR) is 155 cm³/mol. The summed E-state index contributed by atoms with van der Waals surface area (Å²) in [7, 11) is 1.46. The number of anilines is 2. The van der Waals surface area contributed by atoms with Crippen LogP contribution in [0.5, 0.6) is 11.5 Å². The molecule has 3 aromatic rings. The second-order valence-electron chi connectivity index (χ2n) is 7.67. The van der Waals surface area contributed by atoms with Gasteiger partial charge < -0.3 is 14.8 Å². The molecule has 0 spiro atoms. The molecule has 1 N–H and O–H groups in total. The summed E-state index contributed by atoms with van der Waals surface area (Å²) < 4.78 is 12.1. The second-order valence-corrected chi connectivity index (χ2v) is 10.6. The average Bonchev–Trinajstić information content (AvgIpc) is 3.17. The molecule has 4 rings (SSSR count). The van der Waals surface area contributed by atoms with Crippen molar-refractivity contribution in [1.82, 2.24) is 0 Å². The van der Waals surface area contributed by atoms with Crippen molar-refractivity contribution in [3.05, 3.63) is 90.7 Å². The van der Waals surface area contributed by atoms with Gasteiger partial charge in [0.25, 0.3) is 17.5 Å². The van der Waals surface area contributed by atoms with E-state index in [0.29, 0.717) is 47.2 Å². The fourth-order valence-electron chi connectivity index (χ4n) is 3.37. The van der Waals surface area contributed by atoms with Crippen molar-refractivity contribution in [2.24, 2.45) is 0 Å². The molecular formula is C25H17BrClN3O6S2. The molecule has 0 aromatic heterocycles. The van der Waals surface area contributed by atoms with E-state index in [1.54, 1.807) is 42.5 Å². The number of nitro groups is 1. The molecule has 13 heteroatoms. The number of thiocarbonyl (C=S) groups is 1. The Hall–Kier alpha value is -3.45. The SMILES string of the molecule is COc1cc(/C=C2\SC(=S)N(c3ccc([N+](=O)[O-])cc3)C2=O)ccc1OCC(=O)Nc1ccc(Br)c(Cl)c1. The van der Waals surface area contributed by atoms with Gasteiger partial charge in [-0.1, -0.05) is 41.6 Å². The van der Waals surface area contributed by atoms with E-state index in [1.807, 2.05) is 0 Å². The van der Waals surface area contributed by atoms with Crippen LogP contribution < -0.4 is 19.7 Å². The number of nitrogens with zero attached hydrogens (tertiary/aromatic N) is 2. The van der Waals surface area contributed by atoms with Crippen LogP contribution in [0.3, 0.4) is 0 Å². The molecule has 0 atom stereocenters. The van der Waals surface area contributed by atoms with Gasteiger partial charge in [0.15, 0.2) is 22.4 Å². The van der Waals surface area contributed by atoms with E-state index < -0.39 is 4.92 Å². The number of nitrogens with one attached hydrogen (secondary N) is 1. The number of ether oxygens (including phenoxy) is 2. The highest BCUT2D eigenvalue weighted by Crippen LogP contribution is 2.37. The minimum atomic E-state index is -0.514. The molecule has 2 amide bonds. The zero-order valence-corrected chi connectivity index (χ0v) is 23.4. The van der Waals surface area contributed by atoms with Crippen LogP contribution in [-0.2, 0) is 9.59 Å². The first-order valence-corrected chi connectivity index (χ1v) is 13.1. The minimum absolute atomic E-state index is 0.0840. The molecule has 0 aliphatic carbocycles. The zero-order valence-electron chi connectivity index (χ0n) is 19.5. The molecule has 0 unspecified atom stereocenters. The van der Waals surface area contributed by atoms with Crippen molar-refractivity contribution in [1.29, 1.82) is 0 Å². The van der Waals surface area contributed by atoms with Gasteiger partial charge >= 0.3 is 0 Å². The van der Waals surface area contributed by atoms with Crippen LogP contribution >= 0.6 is 51.5 Å². The smallest absolute Gasteiger partial charge is 0.270 e. The number of carbonyl (C=O) groups excluding carboxylic acids is 2. The maximum atomic E-state index is 13.0. The van der Waals surface area contributed by atoms with Crippen LogP contribution in [0.25, 0.3) is 6.08 Å². The molecule has 1 heterocycles. The van der Waals surface area contributed by atoms with Gasteiger partial charge in [-0.2, -0.15) is 0 Å². The van der Waals surface area contributed by atoms with Crippen molar-refractivity contribution in [3.8, 4) is 11.5 Å². The van der Waals surface area contributed by atoms with Gasteiger partial charge in [-0.25, -0.2) is 0 Å². The van der Waals surface area contributed by atoms with E-state index in [1.165, 1.54) is 36.3 Å². The monoisotopic (exact) mass is 633 g/mol. The third-order valence-electron chi connectivity index (χ3n) is 5.16. The standard InChI is InChI=1S/C25H17BrClN3O6S2/c1-35-21-10-14(2-9-20(21)36-13-23(31)28-15-3-8-18(26)19(27)12-15)11-22-24(32)29(25(37)38-22)16-4-6-17(7-5-16)30(33)34/h2-12H,13H2,1H3,(H,28,31)/b22-11-. The lowest BCUT2D eigenvalue weighted by Gasteiger charge is -2.14. The predicted octanol–water partition coefficient (Wildman–Crippen LogP) is 6.44. The fourth-order valence-corrected chi connectivity index (χ4v) is 5.10. The Labute approximate surface area is 240 Å². The van der Waals surface area contributed by atoms with Crippen LogP contribution in [0.1, 0.15) is 5.56 Å². The van der Waals surface area contributed by atoms with Gasteiger partial charge in [0.05, 0.1) is 27.6 Å². The van der Waals surface area contributed by atoms with Crippen LogP contribution in [0.4, 0.5) is 17.1 Å². The molecular weight excluding hydrogens is 618 g/mol. The molecule has 194 valence electrons. The van der Waals surface area contributed by atoms with Crippen LogP contribution in [0, 0.1) is 10.1 Å². The van der Waals surface area contributed by atoms with E-state index >= 15 is 0 Å². The van der Waals surface area contributed by atoms with Crippen molar-refractivity contribution < 1.29 is 24.0 Å². The van der Waals surface area contributed by atoms with Crippen molar-refractivity contribution in [2.45, 2.75) is 0 Å². The fraction of sp³-hybridized carbons (Fsp3) is 0.0800. The lowest BCUT2D eigenvalue weighted by atomic mass is 10.1. The Balaban J connectivity index is 1.44. The van der Waals surface area contributed by atoms with Crippen LogP contribution in [-0.4, -0.2) is 34.8 Å². The normalized spacial score (nSPS) is 14.1. The lowest BCUT2D eigenvalue weighted by Crippen LogP contribution is -2.27. The highest BCUT2D eigenvalue weighted by atomic mass is 79.9.